The molecule has 1 aliphatic rings. The number of hydrogen-bond acceptors (Lipinski definition) is 6. The van der Waals surface area contributed by atoms with Crippen molar-refractivity contribution >= 4 is 11.8 Å². The van der Waals surface area contributed by atoms with Gasteiger partial charge in [-0.05, 0) is 43.0 Å². The first-order valence-electron chi connectivity index (χ1n) is 8.21. The van der Waals surface area contributed by atoms with E-state index in [0.717, 1.165) is 31.6 Å². The number of rotatable bonds is 5. The van der Waals surface area contributed by atoms with Gasteiger partial charge in [-0.25, -0.2) is 4.98 Å². The van der Waals surface area contributed by atoms with Crippen LogP contribution in [0.5, 0.6) is 5.75 Å². The summed E-state index contributed by atoms with van der Waals surface area (Å²) in [7, 11) is 1.67. The van der Waals surface area contributed by atoms with E-state index in [2.05, 4.69) is 20.9 Å². The van der Waals surface area contributed by atoms with Crippen molar-refractivity contribution in [3.05, 3.63) is 42.1 Å². The lowest BCUT2D eigenvalue weighted by Crippen LogP contribution is -2.47. The molecule has 2 heterocycles. The highest BCUT2D eigenvalue weighted by molar-refractivity contribution is 5.39. The number of nitrogens with zero attached hydrogens (tertiary/aromatic N) is 3. The molecule has 2 aromatic rings. The lowest BCUT2D eigenvalue weighted by Gasteiger charge is -2.42. The fourth-order valence-corrected chi connectivity index (χ4v) is 3.44. The molecule has 0 unspecified atom stereocenters. The third kappa shape index (κ3) is 3.59. The van der Waals surface area contributed by atoms with Crippen molar-refractivity contribution < 1.29 is 9.84 Å². The highest BCUT2D eigenvalue weighted by Crippen LogP contribution is 2.35. The molecular weight excluding hydrogens is 304 g/mol. The maximum Gasteiger partial charge on any atom is 0.227 e. The van der Waals surface area contributed by atoms with Crippen LogP contribution in [0, 0.1) is 5.41 Å². The van der Waals surface area contributed by atoms with Crippen LogP contribution in [0.15, 0.2) is 36.5 Å². The summed E-state index contributed by atoms with van der Waals surface area (Å²) >= 11 is 0. The van der Waals surface area contributed by atoms with E-state index in [1.807, 2.05) is 18.2 Å². The number of ether oxygens (including phenoxy) is 1. The molecule has 0 bridgehead atoms. The molecular formula is C18H24N4O2. The monoisotopic (exact) mass is 328 g/mol. The van der Waals surface area contributed by atoms with Gasteiger partial charge in [0.2, 0.25) is 5.95 Å². The zero-order valence-electron chi connectivity index (χ0n) is 14.0. The van der Waals surface area contributed by atoms with Crippen molar-refractivity contribution in [1.29, 1.82) is 0 Å². The Morgan fingerprint density at radius 3 is 3.00 bits per heavy atom. The molecule has 0 saturated carbocycles. The van der Waals surface area contributed by atoms with Crippen LogP contribution in [-0.2, 0) is 6.42 Å². The average Bonchev–Trinajstić information content (AvgIpc) is 2.62. The SMILES string of the molecule is COc1cccc(C[C@]2(CO)CCCN(c3nccc(N)n3)C2)c1. The van der Waals surface area contributed by atoms with Crippen molar-refractivity contribution in [3.8, 4) is 5.75 Å². The Labute approximate surface area is 142 Å². The number of aliphatic hydroxyl groups is 1. The second-order valence-corrected chi connectivity index (χ2v) is 6.49. The summed E-state index contributed by atoms with van der Waals surface area (Å²) in [6.45, 7) is 1.72. The molecule has 0 aliphatic carbocycles. The summed E-state index contributed by atoms with van der Waals surface area (Å²) in [5, 5.41) is 10.1. The highest BCUT2D eigenvalue weighted by Gasteiger charge is 2.36. The van der Waals surface area contributed by atoms with Gasteiger partial charge in [-0.1, -0.05) is 12.1 Å². The zero-order valence-corrected chi connectivity index (χ0v) is 14.0. The standard InChI is InChI=1S/C18H24N4O2/c1-24-15-5-2-4-14(10-15)11-18(13-23)7-3-9-22(12-18)17-20-8-6-16(19)21-17/h2,4-6,8,10,23H,3,7,9,11-13H2,1H3,(H2,19,20,21)/t18-/m1/s1. The number of aromatic nitrogens is 2. The molecule has 1 saturated heterocycles. The normalized spacial score (nSPS) is 20.8. The summed E-state index contributed by atoms with van der Waals surface area (Å²) < 4.78 is 5.31. The molecule has 3 N–H and O–H groups in total. The number of piperidine rings is 1. The van der Waals surface area contributed by atoms with Crippen molar-refractivity contribution in [1.82, 2.24) is 9.97 Å². The van der Waals surface area contributed by atoms with Crippen molar-refractivity contribution in [2.75, 3.05) is 37.4 Å². The lowest BCUT2D eigenvalue weighted by atomic mass is 9.76. The van der Waals surface area contributed by atoms with Gasteiger partial charge < -0.3 is 20.5 Å². The van der Waals surface area contributed by atoms with E-state index in [9.17, 15) is 5.11 Å². The van der Waals surface area contributed by atoms with Crippen molar-refractivity contribution in [2.45, 2.75) is 19.3 Å². The highest BCUT2D eigenvalue weighted by atomic mass is 16.5. The molecule has 0 amide bonds. The molecule has 6 nitrogen and oxygen atoms in total. The summed E-state index contributed by atoms with van der Waals surface area (Å²) in [4.78, 5) is 10.8. The Morgan fingerprint density at radius 1 is 1.38 bits per heavy atom. The molecule has 1 atom stereocenters. The largest absolute Gasteiger partial charge is 0.497 e. The Balaban J connectivity index is 1.80. The van der Waals surface area contributed by atoms with Crippen LogP contribution in [-0.4, -0.2) is 41.9 Å². The minimum atomic E-state index is -0.210. The van der Waals surface area contributed by atoms with Crippen LogP contribution < -0.4 is 15.4 Å². The Hall–Kier alpha value is -2.34. The van der Waals surface area contributed by atoms with Crippen LogP contribution in [0.25, 0.3) is 0 Å². The number of benzene rings is 1. The topological polar surface area (TPSA) is 84.5 Å². The van der Waals surface area contributed by atoms with Gasteiger partial charge in [0.05, 0.1) is 13.7 Å². The predicted octanol–water partition coefficient (Wildman–Crippen LogP) is 1.89. The summed E-state index contributed by atoms with van der Waals surface area (Å²) in [6.07, 6.45) is 4.43. The number of nitrogen functional groups attached to an aromatic ring is 1. The van der Waals surface area contributed by atoms with Gasteiger partial charge in [0.1, 0.15) is 11.6 Å². The first-order valence-corrected chi connectivity index (χ1v) is 8.21. The van der Waals surface area contributed by atoms with Gasteiger partial charge in [-0.2, -0.15) is 4.98 Å². The molecule has 24 heavy (non-hydrogen) atoms. The molecule has 0 radical (unpaired) electrons. The second kappa shape index (κ2) is 7.05. The second-order valence-electron chi connectivity index (χ2n) is 6.49. The smallest absolute Gasteiger partial charge is 0.227 e. The van der Waals surface area contributed by atoms with Crippen molar-refractivity contribution in [3.63, 3.8) is 0 Å². The molecule has 128 valence electrons. The zero-order chi connectivity index (χ0) is 17.0. The predicted molar refractivity (Wildman–Crippen MR) is 94.1 cm³/mol. The first-order chi connectivity index (χ1) is 11.6. The minimum absolute atomic E-state index is 0.128. The Kier molecular flexibility index (Phi) is 4.85. The maximum absolute atomic E-state index is 10.1. The van der Waals surface area contributed by atoms with Gasteiger partial charge in [0, 0.05) is 24.7 Å². The molecule has 0 spiro atoms. The molecule has 6 heteroatoms. The number of aliphatic hydroxyl groups excluding tert-OH is 1. The number of hydrogen-bond donors (Lipinski definition) is 2. The van der Waals surface area contributed by atoms with E-state index >= 15 is 0 Å². The number of nitrogens with two attached hydrogens (primary N) is 1. The van der Waals surface area contributed by atoms with Gasteiger partial charge in [-0.15, -0.1) is 0 Å². The summed E-state index contributed by atoms with van der Waals surface area (Å²) in [5.74, 6) is 1.94. The number of methoxy groups -OCH3 is 1. The third-order valence-electron chi connectivity index (χ3n) is 4.66. The van der Waals surface area contributed by atoms with Gasteiger partial charge in [0.15, 0.2) is 0 Å². The third-order valence-corrected chi connectivity index (χ3v) is 4.66. The van der Waals surface area contributed by atoms with Gasteiger partial charge in [0.25, 0.3) is 0 Å². The molecule has 1 aliphatic heterocycles. The molecule has 1 fully saturated rings. The van der Waals surface area contributed by atoms with Crippen LogP contribution >= 0.6 is 0 Å². The summed E-state index contributed by atoms with van der Waals surface area (Å²) in [6, 6.07) is 9.72. The molecule has 1 aromatic carbocycles. The maximum atomic E-state index is 10.1. The molecule has 3 rings (SSSR count). The van der Waals surface area contributed by atoms with E-state index < -0.39 is 0 Å². The van der Waals surface area contributed by atoms with E-state index in [4.69, 9.17) is 10.5 Å². The number of anilines is 2. The van der Waals surface area contributed by atoms with Crippen LogP contribution in [0.4, 0.5) is 11.8 Å². The van der Waals surface area contributed by atoms with Crippen LogP contribution in [0.1, 0.15) is 18.4 Å². The van der Waals surface area contributed by atoms with E-state index in [0.29, 0.717) is 18.3 Å². The van der Waals surface area contributed by atoms with E-state index in [1.165, 1.54) is 5.56 Å². The minimum Gasteiger partial charge on any atom is -0.497 e. The van der Waals surface area contributed by atoms with Gasteiger partial charge in [-0.3, -0.25) is 0 Å². The van der Waals surface area contributed by atoms with Crippen LogP contribution in [0.3, 0.4) is 0 Å². The fraction of sp³-hybridized carbons (Fsp3) is 0.444. The summed E-state index contributed by atoms with van der Waals surface area (Å²) in [5.41, 5.74) is 6.74. The van der Waals surface area contributed by atoms with Crippen LogP contribution in [0.2, 0.25) is 0 Å². The Bertz CT molecular complexity index is 694. The quantitative estimate of drug-likeness (QED) is 0.872. The van der Waals surface area contributed by atoms with Crippen molar-refractivity contribution in [2.24, 2.45) is 5.41 Å². The van der Waals surface area contributed by atoms with Gasteiger partial charge >= 0.3 is 0 Å². The average molecular weight is 328 g/mol. The first kappa shape index (κ1) is 16.5. The lowest BCUT2D eigenvalue weighted by molar-refractivity contribution is 0.105. The Morgan fingerprint density at radius 2 is 2.25 bits per heavy atom. The van der Waals surface area contributed by atoms with E-state index in [-0.39, 0.29) is 12.0 Å². The van der Waals surface area contributed by atoms with E-state index in [1.54, 1.807) is 19.4 Å². The fourth-order valence-electron chi connectivity index (χ4n) is 3.44. The molecule has 1 aromatic heterocycles.